The lowest BCUT2D eigenvalue weighted by Crippen LogP contribution is -2.38. The van der Waals surface area contributed by atoms with E-state index < -0.39 is 23.2 Å². The van der Waals surface area contributed by atoms with Crippen LogP contribution in [-0.2, 0) is 22.3 Å². The van der Waals surface area contributed by atoms with Gasteiger partial charge in [-0.2, -0.15) is 13.2 Å². The zero-order valence-electron chi connectivity index (χ0n) is 20.5. The van der Waals surface area contributed by atoms with Gasteiger partial charge in [-0.1, -0.05) is 37.3 Å². The molecule has 1 aromatic carbocycles. The first kappa shape index (κ1) is 28.7. The standard InChI is InChI=1S/C26H33ClF3N3O2/c1-25(2,35-4)15-14-22(31-3)23(24(34)32-16-19-8-6-5-7-9-19)33(18-27)17-20-10-12-21(13-11-20)26(28,29)30/h10-13,19H,3,5-9,16-18H2,1-2,4H3,(H,32,34)/b23-22-. The van der Waals surface area contributed by atoms with Crippen LogP contribution in [-0.4, -0.2) is 42.8 Å². The van der Waals surface area contributed by atoms with Gasteiger partial charge in [0.2, 0.25) is 0 Å². The van der Waals surface area contributed by atoms with Crippen LogP contribution in [0.5, 0.6) is 0 Å². The van der Waals surface area contributed by atoms with Crippen molar-refractivity contribution in [3.05, 3.63) is 46.8 Å². The summed E-state index contributed by atoms with van der Waals surface area (Å²) in [6.07, 6.45) is 1.16. The van der Waals surface area contributed by atoms with Crippen LogP contribution in [0.15, 0.2) is 40.7 Å². The molecule has 1 N–H and O–H groups in total. The monoisotopic (exact) mass is 511 g/mol. The largest absolute Gasteiger partial charge is 0.416 e. The lowest BCUT2D eigenvalue weighted by atomic mass is 9.89. The first-order valence-electron chi connectivity index (χ1n) is 11.5. The number of hydrogen-bond donors (Lipinski definition) is 1. The fraction of sp³-hybridized carbons (Fsp3) is 0.538. The SMILES string of the molecule is C=N/C(C#CC(C)(C)OC)=C(/C(=O)NCC1CCCCC1)N(CCl)Cc1ccc(C(F)(F)F)cc1. The highest BCUT2D eigenvalue weighted by Gasteiger charge is 2.30. The average molecular weight is 512 g/mol. The molecule has 5 nitrogen and oxygen atoms in total. The van der Waals surface area contributed by atoms with E-state index in [0.717, 1.165) is 37.8 Å². The normalized spacial score (nSPS) is 15.5. The smallest absolute Gasteiger partial charge is 0.366 e. The van der Waals surface area contributed by atoms with Gasteiger partial charge in [0.25, 0.3) is 5.91 Å². The van der Waals surface area contributed by atoms with Crippen molar-refractivity contribution in [2.45, 2.75) is 64.3 Å². The number of carbonyl (C=O) groups excluding carboxylic acids is 1. The van der Waals surface area contributed by atoms with Gasteiger partial charge in [0, 0.05) is 20.2 Å². The third kappa shape index (κ3) is 8.90. The van der Waals surface area contributed by atoms with Gasteiger partial charge < -0.3 is 15.0 Å². The number of benzene rings is 1. The molecule has 1 aliphatic carbocycles. The Hall–Kier alpha value is -2.50. The lowest BCUT2D eigenvalue weighted by Gasteiger charge is -2.27. The Kier molecular flexibility index (Phi) is 10.7. The molecule has 0 spiro atoms. The van der Waals surface area contributed by atoms with Crippen molar-refractivity contribution in [3.8, 4) is 11.8 Å². The Labute approximate surface area is 210 Å². The summed E-state index contributed by atoms with van der Waals surface area (Å²) >= 11 is 6.22. The molecule has 1 aromatic rings. The molecule has 35 heavy (non-hydrogen) atoms. The first-order valence-corrected chi connectivity index (χ1v) is 12.1. The fourth-order valence-electron chi connectivity index (χ4n) is 3.75. The number of methoxy groups -OCH3 is 1. The molecule has 2 rings (SSSR count). The molecule has 1 aliphatic rings. The second-order valence-corrected chi connectivity index (χ2v) is 9.29. The molecule has 1 fully saturated rings. The van der Waals surface area contributed by atoms with Crippen LogP contribution in [0.2, 0.25) is 0 Å². The second kappa shape index (κ2) is 13.0. The number of allylic oxidation sites excluding steroid dienone is 1. The molecule has 1 saturated carbocycles. The van der Waals surface area contributed by atoms with Crippen LogP contribution < -0.4 is 5.32 Å². The van der Waals surface area contributed by atoms with E-state index in [9.17, 15) is 18.0 Å². The Morgan fingerprint density at radius 3 is 2.37 bits per heavy atom. The van der Waals surface area contributed by atoms with Crippen molar-refractivity contribution < 1.29 is 22.7 Å². The van der Waals surface area contributed by atoms with Gasteiger partial charge >= 0.3 is 6.18 Å². The number of rotatable bonds is 9. The van der Waals surface area contributed by atoms with Gasteiger partial charge in [-0.3, -0.25) is 9.79 Å². The van der Waals surface area contributed by atoms with Gasteiger partial charge in [0.1, 0.15) is 17.0 Å². The summed E-state index contributed by atoms with van der Waals surface area (Å²) in [5.41, 5.74) is -0.765. The van der Waals surface area contributed by atoms with E-state index in [1.807, 2.05) is 0 Å². The minimum Gasteiger partial charge on any atom is -0.366 e. The Bertz CT molecular complexity index is 957. The van der Waals surface area contributed by atoms with Gasteiger partial charge in [-0.05, 0) is 62.9 Å². The molecule has 0 aliphatic heterocycles. The predicted molar refractivity (Wildman–Crippen MR) is 133 cm³/mol. The van der Waals surface area contributed by atoms with E-state index in [4.69, 9.17) is 16.3 Å². The zero-order chi connectivity index (χ0) is 26.1. The highest BCUT2D eigenvalue weighted by atomic mass is 35.5. The maximum Gasteiger partial charge on any atom is 0.416 e. The van der Waals surface area contributed by atoms with Crippen LogP contribution in [0.25, 0.3) is 0 Å². The molecule has 192 valence electrons. The van der Waals surface area contributed by atoms with Gasteiger partial charge in [-0.25, -0.2) is 0 Å². The number of nitrogens with one attached hydrogen (secondary N) is 1. The maximum absolute atomic E-state index is 13.4. The van der Waals surface area contributed by atoms with Crippen molar-refractivity contribution in [2.75, 3.05) is 19.7 Å². The zero-order valence-corrected chi connectivity index (χ0v) is 21.2. The Morgan fingerprint density at radius 2 is 1.86 bits per heavy atom. The molecule has 0 aromatic heterocycles. The summed E-state index contributed by atoms with van der Waals surface area (Å²) in [5, 5.41) is 2.98. The molecule has 0 saturated heterocycles. The van der Waals surface area contributed by atoms with Gasteiger partial charge in [0.05, 0.1) is 11.6 Å². The van der Waals surface area contributed by atoms with Crippen molar-refractivity contribution in [1.82, 2.24) is 10.2 Å². The van der Waals surface area contributed by atoms with Gasteiger partial charge in [0.15, 0.2) is 0 Å². The molecule has 0 bridgehead atoms. The van der Waals surface area contributed by atoms with E-state index in [0.29, 0.717) is 18.0 Å². The highest BCUT2D eigenvalue weighted by molar-refractivity contribution is 6.18. The number of hydrogen-bond acceptors (Lipinski definition) is 4. The minimum atomic E-state index is -4.43. The second-order valence-electron chi connectivity index (χ2n) is 9.05. The van der Waals surface area contributed by atoms with Crippen molar-refractivity contribution in [2.24, 2.45) is 10.9 Å². The summed E-state index contributed by atoms with van der Waals surface area (Å²) in [6.45, 7) is 7.71. The minimum absolute atomic E-state index is 0.0855. The summed E-state index contributed by atoms with van der Waals surface area (Å²) in [6, 6.07) is 4.62. The summed E-state index contributed by atoms with van der Waals surface area (Å²) < 4.78 is 44.2. The molecular formula is C26H33ClF3N3O2. The Morgan fingerprint density at radius 1 is 1.23 bits per heavy atom. The van der Waals surface area contributed by atoms with E-state index in [-0.39, 0.29) is 23.9 Å². The molecular weight excluding hydrogens is 479 g/mol. The molecule has 0 unspecified atom stereocenters. The maximum atomic E-state index is 13.4. The van der Waals surface area contributed by atoms with Crippen LogP contribution in [0.3, 0.4) is 0 Å². The van der Waals surface area contributed by atoms with Crippen LogP contribution in [0.4, 0.5) is 13.2 Å². The summed E-state index contributed by atoms with van der Waals surface area (Å²) in [5.74, 6) is 5.79. The lowest BCUT2D eigenvalue weighted by molar-refractivity contribution is -0.137. The van der Waals surface area contributed by atoms with E-state index in [1.54, 1.807) is 13.8 Å². The number of aliphatic imine (C=N–C) groups is 1. The number of alkyl halides is 4. The summed E-state index contributed by atoms with van der Waals surface area (Å²) in [7, 11) is 1.52. The molecule has 9 heteroatoms. The number of ether oxygens (including phenoxy) is 1. The first-order chi connectivity index (χ1) is 16.5. The van der Waals surface area contributed by atoms with Crippen LogP contribution in [0, 0.1) is 17.8 Å². The van der Waals surface area contributed by atoms with E-state index in [2.05, 4.69) is 28.9 Å². The summed E-state index contributed by atoms with van der Waals surface area (Å²) in [4.78, 5) is 18.9. The number of nitrogens with zero attached hydrogens (tertiary/aromatic N) is 2. The third-order valence-electron chi connectivity index (χ3n) is 5.98. The highest BCUT2D eigenvalue weighted by Crippen LogP contribution is 2.29. The molecule has 0 atom stereocenters. The topological polar surface area (TPSA) is 53.9 Å². The molecule has 0 heterocycles. The predicted octanol–water partition coefficient (Wildman–Crippen LogP) is 5.74. The number of halogens is 4. The van der Waals surface area contributed by atoms with Crippen molar-refractivity contribution in [3.63, 3.8) is 0 Å². The van der Waals surface area contributed by atoms with Crippen molar-refractivity contribution in [1.29, 1.82) is 0 Å². The van der Waals surface area contributed by atoms with Crippen LogP contribution >= 0.6 is 11.6 Å². The quantitative estimate of drug-likeness (QED) is 0.151. The van der Waals surface area contributed by atoms with E-state index in [1.165, 1.54) is 30.6 Å². The number of carbonyl (C=O) groups is 1. The van der Waals surface area contributed by atoms with Gasteiger partial charge in [-0.15, -0.1) is 11.6 Å². The fourth-order valence-corrected chi connectivity index (χ4v) is 3.95. The van der Waals surface area contributed by atoms with Crippen LogP contribution in [0.1, 0.15) is 57.1 Å². The van der Waals surface area contributed by atoms with E-state index >= 15 is 0 Å². The Balaban J connectivity index is 2.38. The average Bonchev–Trinajstić information content (AvgIpc) is 2.84. The number of amides is 1. The van der Waals surface area contributed by atoms with Crippen molar-refractivity contribution >= 4 is 24.2 Å². The molecule has 0 radical (unpaired) electrons. The molecule has 1 amide bonds. The third-order valence-corrected chi connectivity index (χ3v) is 6.27.